The molecule has 2 rings (SSSR count). The van der Waals surface area contributed by atoms with Crippen LogP contribution in [0.3, 0.4) is 0 Å². The SMILES string of the molecule is C=CCNC(=O)c1n[nH]c2ccc([N+](=O)[O-])cc12. The smallest absolute Gasteiger partial charge is 0.272 e. The number of rotatable bonds is 4. The molecule has 0 bridgehead atoms. The van der Waals surface area contributed by atoms with Crippen molar-refractivity contribution in [2.75, 3.05) is 6.54 Å². The fraction of sp³-hybridized carbons (Fsp3) is 0.0909. The zero-order chi connectivity index (χ0) is 13.1. The van der Waals surface area contributed by atoms with Gasteiger partial charge in [0.15, 0.2) is 5.69 Å². The van der Waals surface area contributed by atoms with Gasteiger partial charge in [0.1, 0.15) is 0 Å². The van der Waals surface area contributed by atoms with Gasteiger partial charge in [-0.25, -0.2) is 0 Å². The molecule has 0 saturated carbocycles. The van der Waals surface area contributed by atoms with Gasteiger partial charge in [-0.3, -0.25) is 20.0 Å². The van der Waals surface area contributed by atoms with Gasteiger partial charge in [-0.2, -0.15) is 5.10 Å². The maximum Gasteiger partial charge on any atom is 0.272 e. The van der Waals surface area contributed by atoms with E-state index in [0.29, 0.717) is 17.4 Å². The van der Waals surface area contributed by atoms with Gasteiger partial charge in [0, 0.05) is 24.1 Å². The largest absolute Gasteiger partial charge is 0.347 e. The minimum absolute atomic E-state index is 0.0818. The Hall–Kier alpha value is -2.70. The highest BCUT2D eigenvalue weighted by Crippen LogP contribution is 2.21. The second-order valence-electron chi connectivity index (χ2n) is 3.56. The van der Waals surface area contributed by atoms with Crippen molar-refractivity contribution in [3.05, 3.63) is 46.7 Å². The molecule has 1 aromatic heterocycles. The molecular weight excluding hydrogens is 236 g/mol. The molecule has 7 heteroatoms. The van der Waals surface area contributed by atoms with E-state index in [1.165, 1.54) is 24.3 Å². The topological polar surface area (TPSA) is 101 Å². The van der Waals surface area contributed by atoms with Crippen LogP contribution in [0, 0.1) is 10.1 Å². The number of carbonyl (C=O) groups excluding carboxylic acids is 1. The summed E-state index contributed by atoms with van der Waals surface area (Å²) in [6, 6.07) is 4.19. The molecule has 7 nitrogen and oxygen atoms in total. The van der Waals surface area contributed by atoms with E-state index in [2.05, 4.69) is 22.1 Å². The number of aromatic amines is 1. The summed E-state index contributed by atoms with van der Waals surface area (Å²) in [5.41, 5.74) is 0.626. The van der Waals surface area contributed by atoms with Crippen molar-refractivity contribution in [3.8, 4) is 0 Å². The van der Waals surface area contributed by atoms with Gasteiger partial charge in [-0.05, 0) is 6.07 Å². The van der Waals surface area contributed by atoms with Gasteiger partial charge < -0.3 is 5.32 Å². The van der Waals surface area contributed by atoms with Crippen molar-refractivity contribution in [2.45, 2.75) is 0 Å². The fourth-order valence-electron chi connectivity index (χ4n) is 1.54. The Morgan fingerprint density at radius 1 is 1.61 bits per heavy atom. The minimum Gasteiger partial charge on any atom is -0.347 e. The van der Waals surface area contributed by atoms with Gasteiger partial charge in [0.05, 0.1) is 10.4 Å². The van der Waals surface area contributed by atoms with Crippen LogP contribution < -0.4 is 5.32 Å². The van der Waals surface area contributed by atoms with Crippen molar-refractivity contribution in [2.24, 2.45) is 0 Å². The molecule has 1 aromatic carbocycles. The highest BCUT2D eigenvalue weighted by Gasteiger charge is 2.16. The number of nitro benzene ring substituents is 1. The second-order valence-corrected chi connectivity index (χ2v) is 3.56. The lowest BCUT2D eigenvalue weighted by Crippen LogP contribution is -2.23. The maximum absolute atomic E-state index is 11.7. The number of nitrogens with zero attached hydrogens (tertiary/aromatic N) is 2. The lowest BCUT2D eigenvalue weighted by atomic mass is 10.2. The predicted molar refractivity (Wildman–Crippen MR) is 65.3 cm³/mol. The van der Waals surface area contributed by atoms with Gasteiger partial charge in [-0.1, -0.05) is 6.08 Å². The molecule has 0 aliphatic heterocycles. The molecule has 0 radical (unpaired) electrons. The molecule has 1 amide bonds. The van der Waals surface area contributed by atoms with Crippen LogP contribution in [0.15, 0.2) is 30.9 Å². The molecular formula is C11H10N4O3. The summed E-state index contributed by atoms with van der Waals surface area (Å²) in [4.78, 5) is 21.9. The molecule has 18 heavy (non-hydrogen) atoms. The number of non-ortho nitro benzene ring substituents is 1. The Morgan fingerprint density at radius 3 is 3.06 bits per heavy atom. The third-order valence-electron chi connectivity index (χ3n) is 2.38. The predicted octanol–water partition coefficient (Wildman–Crippen LogP) is 1.39. The van der Waals surface area contributed by atoms with E-state index in [1.807, 2.05) is 0 Å². The van der Waals surface area contributed by atoms with Crippen LogP contribution >= 0.6 is 0 Å². The summed E-state index contributed by atoms with van der Waals surface area (Å²) < 4.78 is 0. The third kappa shape index (κ3) is 2.05. The van der Waals surface area contributed by atoms with Crippen LogP contribution in [0.1, 0.15) is 10.5 Å². The molecule has 0 spiro atoms. The van der Waals surface area contributed by atoms with Crippen LogP contribution in [0.2, 0.25) is 0 Å². The quantitative estimate of drug-likeness (QED) is 0.483. The zero-order valence-electron chi connectivity index (χ0n) is 9.34. The van der Waals surface area contributed by atoms with Crippen LogP contribution in [0.5, 0.6) is 0 Å². The van der Waals surface area contributed by atoms with E-state index in [0.717, 1.165) is 0 Å². The fourth-order valence-corrected chi connectivity index (χ4v) is 1.54. The monoisotopic (exact) mass is 246 g/mol. The van der Waals surface area contributed by atoms with E-state index in [-0.39, 0.29) is 11.4 Å². The van der Waals surface area contributed by atoms with Crippen molar-refractivity contribution < 1.29 is 9.72 Å². The van der Waals surface area contributed by atoms with Gasteiger partial charge in [0.2, 0.25) is 0 Å². The first-order valence-electron chi connectivity index (χ1n) is 5.15. The zero-order valence-corrected chi connectivity index (χ0v) is 9.34. The van der Waals surface area contributed by atoms with Crippen molar-refractivity contribution >= 4 is 22.5 Å². The van der Waals surface area contributed by atoms with E-state index in [9.17, 15) is 14.9 Å². The maximum atomic E-state index is 11.7. The highest BCUT2D eigenvalue weighted by molar-refractivity contribution is 6.05. The normalized spacial score (nSPS) is 10.2. The molecule has 0 fully saturated rings. The lowest BCUT2D eigenvalue weighted by molar-refractivity contribution is -0.384. The number of benzene rings is 1. The Labute approximate surface area is 102 Å². The number of hydrogen-bond donors (Lipinski definition) is 2. The minimum atomic E-state index is -0.516. The molecule has 0 aliphatic carbocycles. The van der Waals surface area contributed by atoms with E-state index >= 15 is 0 Å². The van der Waals surface area contributed by atoms with Gasteiger partial charge in [0.25, 0.3) is 11.6 Å². The molecule has 0 unspecified atom stereocenters. The second kappa shape index (κ2) is 4.66. The first-order valence-corrected chi connectivity index (χ1v) is 5.15. The van der Waals surface area contributed by atoms with Crippen molar-refractivity contribution in [3.63, 3.8) is 0 Å². The number of nitrogens with one attached hydrogen (secondary N) is 2. The Morgan fingerprint density at radius 2 is 2.39 bits per heavy atom. The average Bonchev–Trinajstić information content (AvgIpc) is 2.78. The first kappa shape index (κ1) is 11.8. The summed E-state index contributed by atoms with van der Waals surface area (Å²) >= 11 is 0. The first-order chi connectivity index (χ1) is 8.63. The number of hydrogen-bond acceptors (Lipinski definition) is 4. The Bertz CT molecular complexity index is 632. The Balaban J connectivity index is 2.45. The van der Waals surface area contributed by atoms with E-state index in [4.69, 9.17) is 0 Å². The number of carbonyl (C=O) groups is 1. The van der Waals surface area contributed by atoms with Crippen molar-refractivity contribution in [1.29, 1.82) is 0 Å². The third-order valence-corrected chi connectivity index (χ3v) is 2.38. The summed E-state index contributed by atoms with van der Waals surface area (Å²) in [6.07, 6.45) is 1.54. The average molecular weight is 246 g/mol. The summed E-state index contributed by atoms with van der Waals surface area (Å²) in [5, 5.41) is 20.2. The van der Waals surface area contributed by atoms with Crippen LogP contribution in [-0.2, 0) is 0 Å². The summed E-state index contributed by atoms with van der Waals surface area (Å²) in [6.45, 7) is 3.79. The van der Waals surface area contributed by atoms with Gasteiger partial charge >= 0.3 is 0 Å². The number of nitro groups is 1. The lowest BCUT2D eigenvalue weighted by Gasteiger charge is -1.98. The van der Waals surface area contributed by atoms with E-state index < -0.39 is 10.8 Å². The van der Waals surface area contributed by atoms with Crippen LogP contribution in [-0.4, -0.2) is 27.6 Å². The van der Waals surface area contributed by atoms with Crippen LogP contribution in [0.25, 0.3) is 10.9 Å². The van der Waals surface area contributed by atoms with E-state index in [1.54, 1.807) is 0 Å². The molecule has 0 saturated heterocycles. The number of fused-ring (bicyclic) bond motifs is 1. The highest BCUT2D eigenvalue weighted by atomic mass is 16.6. The molecule has 0 atom stereocenters. The Kier molecular flexibility index (Phi) is 3.05. The van der Waals surface area contributed by atoms with Crippen LogP contribution in [0.4, 0.5) is 5.69 Å². The number of amides is 1. The molecule has 0 aliphatic rings. The number of H-pyrrole nitrogens is 1. The molecule has 92 valence electrons. The molecule has 2 aromatic rings. The van der Waals surface area contributed by atoms with Gasteiger partial charge in [-0.15, -0.1) is 6.58 Å². The molecule has 2 N–H and O–H groups in total. The summed E-state index contributed by atoms with van der Waals surface area (Å²) in [7, 11) is 0. The molecule has 1 heterocycles. The number of aromatic nitrogens is 2. The standard InChI is InChI=1S/C11H10N4O3/c1-2-5-12-11(16)10-8-6-7(15(17)18)3-4-9(8)13-14-10/h2-4,6H,1,5H2,(H,12,16)(H,13,14). The summed E-state index contributed by atoms with van der Waals surface area (Å²) in [5.74, 6) is -0.401. The van der Waals surface area contributed by atoms with Crippen molar-refractivity contribution in [1.82, 2.24) is 15.5 Å².